The lowest BCUT2D eigenvalue weighted by Crippen LogP contribution is -2.35. The van der Waals surface area contributed by atoms with E-state index in [0.717, 1.165) is 19.3 Å². The Hall–Kier alpha value is -0.570. The van der Waals surface area contributed by atoms with Crippen molar-refractivity contribution in [1.82, 2.24) is 0 Å². The fraction of sp³-hybridized carbons (Fsp3) is 0.900. The molecule has 0 fully saturated rings. The molecule has 13 heavy (non-hydrogen) atoms. The van der Waals surface area contributed by atoms with Crippen LogP contribution in [0, 0.1) is 0 Å². The van der Waals surface area contributed by atoms with Gasteiger partial charge in [0.25, 0.3) is 0 Å². The van der Waals surface area contributed by atoms with Crippen LogP contribution < -0.4 is 5.11 Å². The van der Waals surface area contributed by atoms with Gasteiger partial charge in [-0.15, -0.1) is 0 Å². The van der Waals surface area contributed by atoms with E-state index in [1.807, 2.05) is 0 Å². The van der Waals surface area contributed by atoms with E-state index in [2.05, 4.69) is 6.92 Å². The maximum absolute atomic E-state index is 10.1. The highest BCUT2D eigenvalue weighted by molar-refractivity contribution is 5.69. The highest BCUT2D eigenvalue weighted by Gasteiger charge is 2.03. The summed E-state index contributed by atoms with van der Waals surface area (Å²) in [6.07, 6.45) is 5.62. The number of aliphatic carboxylic acids is 1. The van der Waals surface area contributed by atoms with Crippen molar-refractivity contribution >= 4 is 5.97 Å². The quantitative estimate of drug-likeness (QED) is 0.573. The summed E-state index contributed by atoms with van der Waals surface area (Å²) in [4.78, 5) is 10.1. The first kappa shape index (κ1) is 12.4. The molecule has 1 atom stereocenters. The Morgan fingerprint density at radius 1 is 1.23 bits per heavy atom. The van der Waals surface area contributed by atoms with E-state index in [1.165, 1.54) is 19.3 Å². The number of hydrogen-bond donors (Lipinski definition) is 1. The minimum Gasteiger partial charge on any atom is -0.547 e. The number of carbonyl (C=O) groups is 1. The monoisotopic (exact) mass is 187 g/mol. The molecule has 1 unspecified atom stereocenters. The molecule has 0 radical (unpaired) electrons. The Kier molecular flexibility index (Phi) is 7.69. The normalized spacial score (nSPS) is 12.8. The van der Waals surface area contributed by atoms with Crippen LogP contribution in [0.15, 0.2) is 0 Å². The van der Waals surface area contributed by atoms with E-state index >= 15 is 0 Å². The van der Waals surface area contributed by atoms with Crippen molar-refractivity contribution in [3.05, 3.63) is 0 Å². The van der Waals surface area contributed by atoms with Gasteiger partial charge in [0.1, 0.15) is 0 Å². The van der Waals surface area contributed by atoms with Crippen LogP contribution in [0.1, 0.15) is 51.9 Å². The molecule has 0 heterocycles. The number of aliphatic hydroxyl groups is 1. The number of unbranched alkanes of at least 4 members (excludes halogenated alkanes) is 5. The summed E-state index contributed by atoms with van der Waals surface area (Å²) in [6.45, 7) is 2.15. The molecule has 78 valence electrons. The second kappa shape index (κ2) is 8.05. The zero-order chi connectivity index (χ0) is 10.1. The molecule has 3 heteroatoms. The highest BCUT2D eigenvalue weighted by atomic mass is 16.4. The molecule has 0 saturated heterocycles. The predicted octanol–water partition coefficient (Wildman–Crippen LogP) is 0.848. The fourth-order valence-electron chi connectivity index (χ4n) is 1.24. The minimum absolute atomic E-state index is 0.328. The summed E-state index contributed by atoms with van der Waals surface area (Å²) in [5.74, 6) is -1.35. The zero-order valence-electron chi connectivity index (χ0n) is 8.29. The second-order valence-corrected chi connectivity index (χ2v) is 3.39. The largest absolute Gasteiger partial charge is 0.547 e. The second-order valence-electron chi connectivity index (χ2n) is 3.39. The number of aliphatic hydroxyl groups excluding tert-OH is 1. The van der Waals surface area contributed by atoms with Crippen LogP contribution in [0.4, 0.5) is 0 Å². The Balaban J connectivity index is 3.11. The molecule has 0 aromatic heterocycles. The maximum Gasteiger partial charge on any atom is 0.0933 e. The molecule has 0 spiro atoms. The zero-order valence-corrected chi connectivity index (χ0v) is 8.29. The van der Waals surface area contributed by atoms with Crippen molar-refractivity contribution in [3.63, 3.8) is 0 Å². The van der Waals surface area contributed by atoms with E-state index < -0.39 is 12.1 Å². The van der Waals surface area contributed by atoms with Gasteiger partial charge in [-0.1, -0.05) is 45.4 Å². The van der Waals surface area contributed by atoms with Crippen LogP contribution in [0.3, 0.4) is 0 Å². The minimum atomic E-state index is -1.35. The van der Waals surface area contributed by atoms with Crippen LogP contribution in [-0.4, -0.2) is 17.2 Å². The van der Waals surface area contributed by atoms with Gasteiger partial charge in [0.05, 0.1) is 12.1 Å². The molecule has 3 nitrogen and oxygen atoms in total. The molecule has 0 bridgehead atoms. The van der Waals surface area contributed by atoms with E-state index in [9.17, 15) is 9.90 Å². The van der Waals surface area contributed by atoms with E-state index in [-0.39, 0.29) is 0 Å². The third-order valence-corrected chi connectivity index (χ3v) is 2.10. The number of carboxylic acids is 1. The summed E-state index contributed by atoms with van der Waals surface area (Å²) in [6, 6.07) is 0. The lowest BCUT2D eigenvalue weighted by molar-refractivity contribution is -0.315. The van der Waals surface area contributed by atoms with Gasteiger partial charge in [-0.3, -0.25) is 0 Å². The van der Waals surface area contributed by atoms with E-state index in [4.69, 9.17) is 5.11 Å². The smallest absolute Gasteiger partial charge is 0.0933 e. The molecule has 0 aliphatic rings. The van der Waals surface area contributed by atoms with Crippen LogP contribution in [0.2, 0.25) is 0 Å². The molecule has 0 saturated carbocycles. The average molecular weight is 187 g/mol. The van der Waals surface area contributed by atoms with Crippen molar-refractivity contribution in [2.24, 2.45) is 0 Å². The van der Waals surface area contributed by atoms with Crippen molar-refractivity contribution in [3.8, 4) is 0 Å². The number of rotatable bonds is 8. The van der Waals surface area contributed by atoms with E-state index in [0.29, 0.717) is 6.42 Å². The fourth-order valence-corrected chi connectivity index (χ4v) is 1.24. The summed E-state index contributed by atoms with van der Waals surface area (Å²) in [5.41, 5.74) is 0. The third-order valence-electron chi connectivity index (χ3n) is 2.10. The van der Waals surface area contributed by atoms with E-state index in [1.54, 1.807) is 0 Å². The van der Waals surface area contributed by atoms with Crippen molar-refractivity contribution in [2.45, 2.75) is 58.0 Å². The Morgan fingerprint density at radius 3 is 2.31 bits per heavy atom. The first-order valence-corrected chi connectivity index (χ1v) is 5.07. The van der Waals surface area contributed by atoms with Gasteiger partial charge in [-0.2, -0.15) is 0 Å². The first-order valence-electron chi connectivity index (χ1n) is 5.07. The van der Waals surface area contributed by atoms with Crippen LogP contribution in [0.5, 0.6) is 0 Å². The third kappa shape index (κ3) is 7.78. The summed E-state index contributed by atoms with van der Waals surface area (Å²) in [7, 11) is 0. The molecular formula is C10H19O3-. The molecule has 0 aliphatic carbocycles. The number of carboxylic acid groups (broad SMARTS) is 1. The molecular weight excluding hydrogens is 168 g/mol. The highest BCUT2D eigenvalue weighted by Crippen LogP contribution is 2.08. The predicted molar refractivity (Wildman–Crippen MR) is 49.0 cm³/mol. The molecule has 1 N–H and O–H groups in total. The molecule has 0 aromatic carbocycles. The lowest BCUT2D eigenvalue weighted by atomic mass is 10.1. The number of carbonyl (C=O) groups excluding carboxylic acids is 1. The summed E-state index contributed by atoms with van der Waals surface area (Å²) < 4.78 is 0. The van der Waals surface area contributed by atoms with Gasteiger partial charge in [-0.25, -0.2) is 0 Å². The first-order chi connectivity index (χ1) is 6.18. The van der Waals surface area contributed by atoms with Crippen LogP contribution >= 0.6 is 0 Å². The lowest BCUT2D eigenvalue weighted by Gasteiger charge is -2.10. The van der Waals surface area contributed by atoms with Crippen LogP contribution in [0.25, 0.3) is 0 Å². The van der Waals surface area contributed by atoms with Crippen molar-refractivity contribution < 1.29 is 15.0 Å². The van der Waals surface area contributed by atoms with Crippen molar-refractivity contribution in [1.29, 1.82) is 0 Å². The van der Waals surface area contributed by atoms with Gasteiger partial charge in [-0.05, 0) is 6.42 Å². The molecule has 0 aliphatic heterocycles. The van der Waals surface area contributed by atoms with Gasteiger partial charge in [0.15, 0.2) is 0 Å². The SMILES string of the molecule is CCCCCCCCC(O)C(=O)[O-]. The topological polar surface area (TPSA) is 60.4 Å². The average Bonchev–Trinajstić information content (AvgIpc) is 2.10. The van der Waals surface area contributed by atoms with Gasteiger partial charge in [0, 0.05) is 0 Å². The molecule has 0 rings (SSSR count). The summed E-state index contributed by atoms with van der Waals surface area (Å²) >= 11 is 0. The van der Waals surface area contributed by atoms with Gasteiger partial charge >= 0.3 is 0 Å². The Morgan fingerprint density at radius 2 is 1.77 bits per heavy atom. The molecule has 0 amide bonds. The van der Waals surface area contributed by atoms with Gasteiger partial charge in [0.2, 0.25) is 0 Å². The standard InChI is InChI=1S/C10H20O3/c1-2-3-4-5-6-7-8-9(11)10(12)13/h9,11H,2-8H2,1H3,(H,12,13)/p-1. The Bertz CT molecular complexity index is 134. The molecule has 0 aromatic rings. The van der Waals surface area contributed by atoms with Crippen LogP contribution in [-0.2, 0) is 4.79 Å². The van der Waals surface area contributed by atoms with Crippen molar-refractivity contribution in [2.75, 3.05) is 0 Å². The Labute approximate surface area is 79.8 Å². The van der Waals surface area contributed by atoms with Gasteiger partial charge < -0.3 is 15.0 Å². The maximum atomic E-state index is 10.1. The summed E-state index contributed by atoms with van der Waals surface area (Å²) in [5, 5.41) is 19.0. The number of hydrogen-bond acceptors (Lipinski definition) is 3.